The highest BCUT2D eigenvalue weighted by molar-refractivity contribution is 7.11. The molecular formula is C14H22N4OS. The summed E-state index contributed by atoms with van der Waals surface area (Å²) in [5, 5.41) is 3.94. The number of carbonyl (C=O) groups excluding carboxylic acids is 1. The van der Waals surface area contributed by atoms with Crippen LogP contribution in [0.2, 0.25) is 0 Å². The van der Waals surface area contributed by atoms with Crippen molar-refractivity contribution in [1.29, 1.82) is 0 Å². The molecule has 6 heteroatoms. The number of anilines is 2. The molecule has 0 saturated heterocycles. The van der Waals surface area contributed by atoms with E-state index in [2.05, 4.69) is 21.6 Å². The predicted molar refractivity (Wildman–Crippen MR) is 82.3 cm³/mol. The van der Waals surface area contributed by atoms with Gasteiger partial charge in [0.1, 0.15) is 10.6 Å². The van der Waals surface area contributed by atoms with Crippen LogP contribution in [0.25, 0.3) is 0 Å². The third kappa shape index (κ3) is 2.75. The van der Waals surface area contributed by atoms with Gasteiger partial charge >= 0.3 is 0 Å². The number of rotatable bonds is 4. The maximum Gasteiger partial charge on any atom is 0.258 e. The number of nitrogen functional groups attached to an aromatic ring is 1. The van der Waals surface area contributed by atoms with Gasteiger partial charge in [-0.25, -0.2) is 0 Å². The van der Waals surface area contributed by atoms with Crippen LogP contribution >= 0.6 is 11.5 Å². The number of hydrogen-bond donors (Lipinski definition) is 2. The van der Waals surface area contributed by atoms with Gasteiger partial charge in [-0.3, -0.25) is 4.79 Å². The van der Waals surface area contributed by atoms with Crippen LogP contribution in [0, 0.1) is 0 Å². The fourth-order valence-electron chi connectivity index (χ4n) is 2.87. The van der Waals surface area contributed by atoms with Crippen LogP contribution in [0.4, 0.5) is 10.8 Å². The molecule has 0 atom stereocenters. The zero-order valence-corrected chi connectivity index (χ0v) is 12.7. The SMILES string of the molecule is CN(c1snc(N)c1C(=O)NC1CC1)C1CCCCC1. The first-order valence-electron chi connectivity index (χ1n) is 7.45. The first-order chi connectivity index (χ1) is 9.66. The van der Waals surface area contributed by atoms with Crippen molar-refractivity contribution >= 4 is 28.3 Å². The average molecular weight is 294 g/mol. The minimum absolute atomic E-state index is 0.0589. The van der Waals surface area contributed by atoms with Gasteiger partial charge in [-0.15, -0.1) is 0 Å². The van der Waals surface area contributed by atoms with Gasteiger partial charge in [0.25, 0.3) is 5.91 Å². The Morgan fingerprint density at radius 2 is 2.00 bits per heavy atom. The molecule has 2 aliphatic rings. The third-order valence-corrected chi connectivity index (χ3v) is 5.24. The van der Waals surface area contributed by atoms with Gasteiger partial charge in [0, 0.05) is 19.1 Å². The molecule has 3 rings (SSSR count). The van der Waals surface area contributed by atoms with Crippen LogP contribution < -0.4 is 16.0 Å². The van der Waals surface area contributed by atoms with E-state index in [9.17, 15) is 4.79 Å². The van der Waals surface area contributed by atoms with E-state index < -0.39 is 0 Å². The van der Waals surface area contributed by atoms with Crippen molar-refractivity contribution in [2.24, 2.45) is 0 Å². The van der Waals surface area contributed by atoms with Crippen LogP contribution in [0.3, 0.4) is 0 Å². The monoisotopic (exact) mass is 294 g/mol. The zero-order valence-electron chi connectivity index (χ0n) is 11.9. The maximum absolute atomic E-state index is 12.3. The molecule has 3 N–H and O–H groups in total. The van der Waals surface area contributed by atoms with Crippen molar-refractivity contribution in [3.05, 3.63) is 5.56 Å². The molecule has 0 spiro atoms. The minimum atomic E-state index is -0.0589. The Kier molecular flexibility index (Phi) is 3.83. The summed E-state index contributed by atoms with van der Waals surface area (Å²) in [6, 6.07) is 0.853. The normalized spacial score (nSPS) is 19.9. The summed E-state index contributed by atoms with van der Waals surface area (Å²) >= 11 is 1.34. The molecule has 2 saturated carbocycles. The molecule has 1 amide bonds. The third-order valence-electron chi connectivity index (χ3n) is 4.28. The minimum Gasteiger partial charge on any atom is -0.382 e. The van der Waals surface area contributed by atoms with Crippen molar-refractivity contribution in [1.82, 2.24) is 9.69 Å². The molecule has 1 aromatic heterocycles. The van der Waals surface area contributed by atoms with Crippen molar-refractivity contribution < 1.29 is 4.79 Å². The summed E-state index contributed by atoms with van der Waals surface area (Å²) < 4.78 is 4.20. The Hall–Kier alpha value is -1.30. The second kappa shape index (κ2) is 5.60. The van der Waals surface area contributed by atoms with Crippen LogP contribution in [0.1, 0.15) is 55.3 Å². The van der Waals surface area contributed by atoms with Gasteiger partial charge in [-0.1, -0.05) is 19.3 Å². The summed E-state index contributed by atoms with van der Waals surface area (Å²) in [5.74, 6) is 0.308. The fraction of sp³-hybridized carbons (Fsp3) is 0.714. The molecule has 1 aromatic rings. The molecule has 110 valence electrons. The second-order valence-corrected chi connectivity index (χ2v) is 6.65. The number of carbonyl (C=O) groups is 1. The van der Waals surface area contributed by atoms with Gasteiger partial charge in [0.2, 0.25) is 0 Å². The molecule has 0 unspecified atom stereocenters. The summed E-state index contributed by atoms with van der Waals surface area (Å²) in [4.78, 5) is 14.6. The second-order valence-electron chi connectivity index (χ2n) is 5.90. The van der Waals surface area contributed by atoms with Crippen LogP contribution in [-0.4, -0.2) is 29.4 Å². The van der Waals surface area contributed by atoms with Crippen molar-refractivity contribution in [3.8, 4) is 0 Å². The standard InChI is InChI=1S/C14H22N4OS/c1-18(10-5-3-2-4-6-10)14-11(12(15)17-20-14)13(19)16-9-7-8-9/h9-10H,2-8H2,1H3,(H2,15,17)(H,16,19). The quantitative estimate of drug-likeness (QED) is 0.894. The summed E-state index contributed by atoms with van der Waals surface area (Å²) in [5.41, 5.74) is 6.50. The van der Waals surface area contributed by atoms with E-state index in [0.717, 1.165) is 17.8 Å². The lowest BCUT2D eigenvalue weighted by atomic mass is 9.94. The Balaban J connectivity index is 1.79. The predicted octanol–water partition coefficient (Wildman–Crippen LogP) is 2.39. The highest BCUT2D eigenvalue weighted by atomic mass is 32.1. The van der Waals surface area contributed by atoms with E-state index >= 15 is 0 Å². The molecule has 20 heavy (non-hydrogen) atoms. The molecule has 5 nitrogen and oxygen atoms in total. The van der Waals surface area contributed by atoms with E-state index in [1.165, 1.54) is 43.6 Å². The Morgan fingerprint density at radius 1 is 1.30 bits per heavy atom. The van der Waals surface area contributed by atoms with E-state index in [1.54, 1.807) is 0 Å². The number of nitrogens with two attached hydrogens (primary N) is 1. The van der Waals surface area contributed by atoms with Gasteiger partial charge in [0.05, 0.1) is 0 Å². The number of amides is 1. The Labute approximate surface area is 123 Å². The van der Waals surface area contributed by atoms with Crippen molar-refractivity contribution in [2.75, 3.05) is 17.7 Å². The van der Waals surface area contributed by atoms with E-state index in [4.69, 9.17) is 5.73 Å². The molecule has 0 aromatic carbocycles. The lowest BCUT2D eigenvalue weighted by Gasteiger charge is -2.32. The Bertz CT molecular complexity index is 491. The van der Waals surface area contributed by atoms with Gasteiger partial charge in [-0.05, 0) is 37.2 Å². The lowest BCUT2D eigenvalue weighted by Crippen LogP contribution is -2.35. The molecule has 2 aliphatic carbocycles. The average Bonchev–Trinajstić information content (AvgIpc) is 3.19. The topological polar surface area (TPSA) is 71.2 Å². The van der Waals surface area contributed by atoms with Crippen LogP contribution in [-0.2, 0) is 0 Å². The molecule has 1 heterocycles. The highest BCUT2D eigenvalue weighted by Crippen LogP contribution is 2.34. The smallest absolute Gasteiger partial charge is 0.258 e. The largest absolute Gasteiger partial charge is 0.382 e. The van der Waals surface area contributed by atoms with Gasteiger partial charge in [-0.2, -0.15) is 4.37 Å². The van der Waals surface area contributed by atoms with Crippen molar-refractivity contribution in [2.45, 2.75) is 57.0 Å². The van der Waals surface area contributed by atoms with Crippen LogP contribution in [0.5, 0.6) is 0 Å². The number of hydrogen-bond acceptors (Lipinski definition) is 5. The van der Waals surface area contributed by atoms with E-state index in [0.29, 0.717) is 23.5 Å². The van der Waals surface area contributed by atoms with E-state index in [-0.39, 0.29) is 5.91 Å². The number of nitrogens with zero attached hydrogens (tertiary/aromatic N) is 2. The molecule has 0 aliphatic heterocycles. The summed E-state index contributed by atoms with van der Waals surface area (Å²) in [7, 11) is 2.07. The fourth-order valence-corrected chi connectivity index (χ4v) is 3.71. The van der Waals surface area contributed by atoms with Crippen LogP contribution in [0.15, 0.2) is 0 Å². The lowest BCUT2D eigenvalue weighted by molar-refractivity contribution is 0.0952. The van der Waals surface area contributed by atoms with Gasteiger partial charge < -0.3 is 16.0 Å². The van der Waals surface area contributed by atoms with E-state index in [1.807, 2.05) is 0 Å². The highest BCUT2D eigenvalue weighted by Gasteiger charge is 2.30. The maximum atomic E-state index is 12.3. The molecule has 0 bridgehead atoms. The first kappa shape index (κ1) is 13.7. The molecule has 0 radical (unpaired) electrons. The molecule has 2 fully saturated rings. The summed E-state index contributed by atoms with van der Waals surface area (Å²) in [6.45, 7) is 0. The van der Waals surface area contributed by atoms with Crippen molar-refractivity contribution in [3.63, 3.8) is 0 Å². The Morgan fingerprint density at radius 3 is 2.65 bits per heavy atom. The first-order valence-corrected chi connectivity index (χ1v) is 8.23. The molecular weight excluding hydrogens is 272 g/mol. The summed E-state index contributed by atoms with van der Waals surface area (Å²) in [6.07, 6.45) is 8.41. The van der Waals surface area contributed by atoms with Gasteiger partial charge in [0.15, 0.2) is 5.82 Å². The zero-order chi connectivity index (χ0) is 14.1. The number of aromatic nitrogens is 1. The number of nitrogens with one attached hydrogen (secondary N) is 1.